The van der Waals surface area contributed by atoms with Gasteiger partial charge < -0.3 is 29.8 Å². The zero-order valence-corrected chi connectivity index (χ0v) is 23.0. The van der Waals surface area contributed by atoms with Gasteiger partial charge in [0, 0.05) is 30.7 Å². The van der Waals surface area contributed by atoms with Gasteiger partial charge >= 0.3 is 18.0 Å². The molecule has 216 valence electrons. The number of methoxy groups -OCH3 is 2. The van der Waals surface area contributed by atoms with Crippen molar-refractivity contribution in [1.29, 1.82) is 0 Å². The number of esters is 1. The van der Waals surface area contributed by atoms with Crippen LogP contribution in [0.4, 0.5) is 16.2 Å². The molecular formula is C30H28N4O8. The summed E-state index contributed by atoms with van der Waals surface area (Å²) in [5.41, 5.74) is 3.76. The van der Waals surface area contributed by atoms with Crippen molar-refractivity contribution < 1.29 is 38.6 Å². The highest BCUT2D eigenvalue weighted by molar-refractivity contribution is 6.05. The fourth-order valence-corrected chi connectivity index (χ4v) is 4.35. The highest BCUT2D eigenvalue weighted by Gasteiger charge is 2.20. The molecule has 0 saturated carbocycles. The van der Waals surface area contributed by atoms with Crippen molar-refractivity contribution in [3.8, 4) is 11.1 Å². The average Bonchev–Trinajstić information content (AvgIpc) is 3.56. The first-order chi connectivity index (χ1) is 20.1. The lowest BCUT2D eigenvalue weighted by atomic mass is 10.1. The third kappa shape index (κ3) is 6.91. The monoisotopic (exact) mass is 572 g/mol. The molecule has 0 unspecified atom stereocenters. The third-order valence-corrected chi connectivity index (χ3v) is 6.29. The Bertz CT molecular complexity index is 1630. The maximum Gasteiger partial charge on any atom is 0.418 e. The normalized spacial score (nSPS) is 10.5. The summed E-state index contributed by atoms with van der Waals surface area (Å²) in [5, 5.41) is 14.5. The number of carboxylic acid groups (broad SMARTS) is 1. The molecule has 4 rings (SSSR count). The van der Waals surface area contributed by atoms with Gasteiger partial charge in [-0.25, -0.2) is 14.2 Å². The topological polar surface area (TPSA) is 158 Å². The molecule has 2 aromatic heterocycles. The Balaban J connectivity index is 1.41. The van der Waals surface area contributed by atoms with Crippen LogP contribution in [0.2, 0.25) is 0 Å². The van der Waals surface area contributed by atoms with Crippen LogP contribution in [0.15, 0.2) is 73.1 Å². The van der Waals surface area contributed by atoms with Gasteiger partial charge in [-0.15, -0.1) is 0 Å². The molecule has 12 heteroatoms. The summed E-state index contributed by atoms with van der Waals surface area (Å²) in [6.45, 7) is 0. The number of nitrogens with zero attached hydrogens (tertiary/aromatic N) is 2. The van der Waals surface area contributed by atoms with Gasteiger partial charge in [0.05, 0.1) is 32.7 Å². The number of rotatable bonds is 9. The minimum atomic E-state index is -0.952. The van der Waals surface area contributed by atoms with E-state index in [-0.39, 0.29) is 24.4 Å². The summed E-state index contributed by atoms with van der Waals surface area (Å²) in [6, 6.07) is 16.6. The second-order valence-corrected chi connectivity index (χ2v) is 9.32. The van der Waals surface area contributed by atoms with Gasteiger partial charge in [-0.1, -0.05) is 36.4 Å². The number of aromatic nitrogens is 2. The fraction of sp³-hybridized carbons (Fsp3) is 0.167. The predicted octanol–water partition coefficient (Wildman–Crippen LogP) is 3.96. The molecule has 2 amide bonds. The van der Waals surface area contributed by atoms with Gasteiger partial charge in [0.25, 0.3) is 5.91 Å². The van der Waals surface area contributed by atoms with E-state index in [1.807, 2.05) is 0 Å². The van der Waals surface area contributed by atoms with Crippen LogP contribution in [0, 0.1) is 0 Å². The fourth-order valence-electron chi connectivity index (χ4n) is 4.35. The van der Waals surface area contributed by atoms with E-state index in [2.05, 4.69) is 10.6 Å². The first-order valence-corrected chi connectivity index (χ1v) is 12.6. The number of aliphatic carboxylic acids is 1. The van der Waals surface area contributed by atoms with Gasteiger partial charge in [0.15, 0.2) is 0 Å². The van der Waals surface area contributed by atoms with Crippen molar-refractivity contribution in [2.75, 3.05) is 24.9 Å². The van der Waals surface area contributed by atoms with Gasteiger partial charge in [-0.2, -0.15) is 0 Å². The van der Waals surface area contributed by atoms with Crippen molar-refractivity contribution in [3.63, 3.8) is 0 Å². The second-order valence-electron chi connectivity index (χ2n) is 9.32. The average molecular weight is 573 g/mol. The van der Waals surface area contributed by atoms with Gasteiger partial charge in [-0.3, -0.25) is 14.4 Å². The standard InChI is InChI=1S/C30H28N4O8/c1-33-17-23(31-26(35)12-18-5-4-6-19(11-18)13-27(36)37)15-24(33)28(38)32-22-9-7-20(8-10-22)21-14-25(29(39)41-2)34(16-21)30(40)42-3/h4-11,14-17H,12-13H2,1-3H3,(H,31,35)(H,32,38)(H,36,37). The zero-order chi connectivity index (χ0) is 30.4. The first kappa shape index (κ1) is 29.3. The van der Waals surface area contributed by atoms with Crippen molar-refractivity contribution >= 4 is 41.2 Å². The van der Waals surface area contributed by atoms with E-state index >= 15 is 0 Å². The van der Waals surface area contributed by atoms with Crippen molar-refractivity contribution in [2.24, 2.45) is 7.05 Å². The molecular weight excluding hydrogens is 544 g/mol. The molecule has 12 nitrogen and oxygen atoms in total. The molecule has 0 aliphatic rings. The molecule has 0 radical (unpaired) electrons. The van der Waals surface area contributed by atoms with Crippen LogP contribution in [0.5, 0.6) is 0 Å². The number of amides is 2. The third-order valence-electron chi connectivity index (χ3n) is 6.29. The van der Waals surface area contributed by atoms with Gasteiger partial charge in [0.1, 0.15) is 11.4 Å². The minimum Gasteiger partial charge on any atom is -0.481 e. The zero-order valence-electron chi connectivity index (χ0n) is 23.0. The number of hydrogen-bond donors (Lipinski definition) is 3. The number of benzene rings is 2. The summed E-state index contributed by atoms with van der Waals surface area (Å²) in [4.78, 5) is 60.7. The number of carbonyl (C=O) groups is 5. The summed E-state index contributed by atoms with van der Waals surface area (Å²) in [7, 11) is 4.09. The Kier molecular flexibility index (Phi) is 8.86. The maximum atomic E-state index is 13.0. The number of ether oxygens (including phenoxy) is 2. The highest BCUT2D eigenvalue weighted by atomic mass is 16.5. The summed E-state index contributed by atoms with van der Waals surface area (Å²) in [6.07, 6.45) is 2.24. The van der Waals surface area contributed by atoms with E-state index in [1.165, 1.54) is 26.5 Å². The lowest BCUT2D eigenvalue weighted by molar-refractivity contribution is -0.136. The van der Waals surface area contributed by atoms with Crippen LogP contribution >= 0.6 is 0 Å². The molecule has 2 aromatic carbocycles. The molecule has 0 atom stereocenters. The molecule has 2 heterocycles. The molecule has 0 aliphatic heterocycles. The Morgan fingerprint density at radius 3 is 2.10 bits per heavy atom. The molecule has 4 aromatic rings. The number of hydrogen-bond acceptors (Lipinski definition) is 7. The second kappa shape index (κ2) is 12.7. The summed E-state index contributed by atoms with van der Waals surface area (Å²) < 4.78 is 12.1. The Labute approximate surface area is 240 Å². The number of aryl methyl sites for hydroxylation is 1. The molecule has 3 N–H and O–H groups in total. The van der Waals surface area contributed by atoms with Crippen LogP contribution in [-0.4, -0.2) is 58.3 Å². The molecule has 0 bridgehead atoms. The highest BCUT2D eigenvalue weighted by Crippen LogP contribution is 2.25. The Hall–Kier alpha value is -5.65. The van der Waals surface area contributed by atoms with Crippen molar-refractivity contribution in [2.45, 2.75) is 12.8 Å². The van der Waals surface area contributed by atoms with E-state index in [0.717, 1.165) is 4.57 Å². The number of carbonyl (C=O) groups excluding carboxylic acids is 4. The van der Waals surface area contributed by atoms with Crippen LogP contribution in [-0.2, 0) is 39.0 Å². The number of anilines is 2. The smallest absolute Gasteiger partial charge is 0.418 e. The number of nitrogens with one attached hydrogen (secondary N) is 2. The van der Waals surface area contributed by atoms with Gasteiger partial charge in [-0.05, 0) is 41.0 Å². The van der Waals surface area contributed by atoms with E-state index in [9.17, 15) is 24.0 Å². The summed E-state index contributed by atoms with van der Waals surface area (Å²) >= 11 is 0. The van der Waals surface area contributed by atoms with Crippen LogP contribution in [0.3, 0.4) is 0 Å². The molecule has 0 fully saturated rings. The SMILES string of the molecule is COC(=O)c1cc(-c2ccc(NC(=O)c3cc(NC(=O)Cc4cccc(CC(=O)O)c4)cn3C)cc2)cn1C(=O)OC. The van der Waals surface area contributed by atoms with Crippen molar-refractivity contribution in [3.05, 3.63) is 95.6 Å². The molecule has 0 aliphatic carbocycles. The van der Waals surface area contributed by atoms with Crippen LogP contribution in [0.1, 0.15) is 32.1 Å². The largest absolute Gasteiger partial charge is 0.481 e. The predicted molar refractivity (Wildman–Crippen MR) is 152 cm³/mol. The van der Waals surface area contributed by atoms with E-state index in [1.54, 1.807) is 72.4 Å². The minimum absolute atomic E-state index is 0.00929. The van der Waals surface area contributed by atoms with Crippen molar-refractivity contribution in [1.82, 2.24) is 9.13 Å². The Morgan fingerprint density at radius 1 is 0.762 bits per heavy atom. The first-order valence-electron chi connectivity index (χ1n) is 12.6. The van der Waals surface area contributed by atoms with E-state index in [0.29, 0.717) is 39.3 Å². The molecule has 0 spiro atoms. The van der Waals surface area contributed by atoms with Crippen LogP contribution in [0.25, 0.3) is 11.1 Å². The Morgan fingerprint density at radius 2 is 1.45 bits per heavy atom. The van der Waals surface area contributed by atoms with E-state index < -0.39 is 23.9 Å². The molecule has 42 heavy (non-hydrogen) atoms. The van der Waals surface area contributed by atoms with Crippen LogP contribution < -0.4 is 10.6 Å². The van der Waals surface area contributed by atoms with E-state index in [4.69, 9.17) is 14.6 Å². The quantitative estimate of drug-likeness (QED) is 0.254. The summed E-state index contributed by atoms with van der Waals surface area (Å²) in [5.74, 6) is -2.37. The lowest BCUT2D eigenvalue weighted by Crippen LogP contribution is -2.17. The number of carboxylic acids is 1. The maximum absolute atomic E-state index is 13.0. The lowest BCUT2D eigenvalue weighted by Gasteiger charge is -2.07. The molecule has 0 saturated heterocycles. The van der Waals surface area contributed by atoms with Gasteiger partial charge in [0.2, 0.25) is 5.91 Å².